The van der Waals surface area contributed by atoms with E-state index in [4.69, 9.17) is 9.40 Å². The molecule has 0 aliphatic heterocycles. The molecule has 0 bridgehead atoms. The average Bonchev–Trinajstić information content (AvgIpc) is 3.55. The number of hydrogen-bond donors (Lipinski definition) is 0. The van der Waals surface area contributed by atoms with Gasteiger partial charge in [-0.1, -0.05) is 128 Å². The van der Waals surface area contributed by atoms with Crippen molar-refractivity contribution in [3.05, 3.63) is 175 Å². The van der Waals surface area contributed by atoms with Gasteiger partial charge >= 0.3 is 0 Å². The summed E-state index contributed by atoms with van der Waals surface area (Å²) in [5.41, 5.74) is 11.8. The fraction of sp³-hybridized carbons (Fsp3) is 0.130. The normalized spacial score (nSPS) is 11.8. The molecular weight excluding hydrogens is 817 g/mol. The first-order valence-electron chi connectivity index (χ1n) is 17.1. The number of nitrogens with zero attached hydrogens (tertiary/aromatic N) is 2. The molecule has 0 saturated heterocycles. The molecular formula is C46H40IrN2OSi-2. The molecule has 1 atom stereocenters. The van der Waals surface area contributed by atoms with Crippen molar-refractivity contribution in [1.82, 2.24) is 9.97 Å². The van der Waals surface area contributed by atoms with E-state index in [0.717, 1.165) is 44.5 Å². The van der Waals surface area contributed by atoms with Gasteiger partial charge in [0.2, 0.25) is 0 Å². The number of aryl methyl sites for hydroxylation is 1. The van der Waals surface area contributed by atoms with Crippen molar-refractivity contribution in [2.24, 2.45) is 0 Å². The van der Waals surface area contributed by atoms with Crippen LogP contribution in [0, 0.1) is 19.1 Å². The van der Waals surface area contributed by atoms with Gasteiger partial charge in [0.25, 0.3) is 0 Å². The number of furan rings is 1. The van der Waals surface area contributed by atoms with Gasteiger partial charge in [0, 0.05) is 43.8 Å². The Hall–Kier alpha value is -4.93. The van der Waals surface area contributed by atoms with Gasteiger partial charge in [-0.25, -0.2) is 0 Å². The maximum absolute atomic E-state index is 6.41. The number of fused-ring (bicyclic) bond motifs is 3. The first-order chi connectivity index (χ1) is 24.3. The van der Waals surface area contributed by atoms with Crippen molar-refractivity contribution >= 4 is 35.2 Å². The summed E-state index contributed by atoms with van der Waals surface area (Å²) < 4.78 is 6.41. The summed E-state index contributed by atoms with van der Waals surface area (Å²) in [5.74, 6) is 0.271. The van der Waals surface area contributed by atoms with Gasteiger partial charge in [-0.15, -0.1) is 54.1 Å². The summed E-state index contributed by atoms with van der Waals surface area (Å²) in [6.07, 6.45) is 3.94. The molecule has 8 rings (SSSR count). The second-order valence-electron chi connectivity index (χ2n) is 13.8. The fourth-order valence-corrected chi connectivity index (χ4v) is 8.37. The third-order valence-corrected chi connectivity index (χ3v) is 11.4. The summed E-state index contributed by atoms with van der Waals surface area (Å²) in [6.45, 7) is 11.5. The quantitative estimate of drug-likeness (QED) is 0.124. The molecule has 0 saturated carbocycles. The van der Waals surface area contributed by atoms with Crippen LogP contribution in [0.2, 0.25) is 19.6 Å². The third kappa shape index (κ3) is 7.72. The zero-order chi connectivity index (χ0) is 34.7. The minimum absolute atomic E-state index is 0. The van der Waals surface area contributed by atoms with Crippen LogP contribution in [-0.4, -0.2) is 18.0 Å². The van der Waals surface area contributed by atoms with Gasteiger partial charge in [-0.05, 0) is 57.9 Å². The summed E-state index contributed by atoms with van der Waals surface area (Å²) in [5, 5.41) is 3.65. The van der Waals surface area contributed by atoms with E-state index in [1.165, 1.54) is 33.0 Å². The van der Waals surface area contributed by atoms with Crippen LogP contribution in [0.1, 0.15) is 29.5 Å². The van der Waals surface area contributed by atoms with Crippen molar-refractivity contribution in [2.45, 2.75) is 39.4 Å². The van der Waals surface area contributed by atoms with E-state index in [1.807, 2.05) is 42.6 Å². The molecule has 0 fully saturated rings. The van der Waals surface area contributed by atoms with Gasteiger partial charge in [0.1, 0.15) is 5.58 Å². The smallest absolute Gasteiger partial charge is 0.121 e. The van der Waals surface area contributed by atoms with Crippen LogP contribution in [0.25, 0.3) is 55.6 Å². The minimum Gasteiger partial charge on any atom is -0.501 e. The van der Waals surface area contributed by atoms with Gasteiger partial charge in [0.05, 0.1) is 13.7 Å². The Labute approximate surface area is 315 Å². The molecule has 3 nitrogen and oxygen atoms in total. The zero-order valence-electron chi connectivity index (χ0n) is 29.6. The van der Waals surface area contributed by atoms with Crippen molar-refractivity contribution in [3.63, 3.8) is 0 Å². The van der Waals surface area contributed by atoms with E-state index < -0.39 is 8.07 Å². The van der Waals surface area contributed by atoms with Crippen LogP contribution in [-0.2, 0) is 20.1 Å². The van der Waals surface area contributed by atoms with Crippen LogP contribution in [0.3, 0.4) is 0 Å². The monoisotopic (exact) mass is 857 g/mol. The predicted molar refractivity (Wildman–Crippen MR) is 211 cm³/mol. The third-order valence-electron chi connectivity index (χ3n) is 9.29. The van der Waals surface area contributed by atoms with Crippen LogP contribution >= 0.6 is 0 Å². The van der Waals surface area contributed by atoms with E-state index >= 15 is 0 Å². The molecule has 0 aliphatic carbocycles. The molecule has 8 aromatic rings. The average molecular weight is 857 g/mol. The first kappa shape index (κ1) is 35.9. The second kappa shape index (κ2) is 15.5. The summed E-state index contributed by atoms with van der Waals surface area (Å²) in [4.78, 5) is 9.28. The molecule has 1 radical (unpaired) electrons. The Morgan fingerprint density at radius 1 is 0.686 bits per heavy atom. The largest absolute Gasteiger partial charge is 0.501 e. The van der Waals surface area contributed by atoms with E-state index in [-0.39, 0.29) is 26.0 Å². The van der Waals surface area contributed by atoms with Crippen LogP contribution < -0.4 is 5.19 Å². The van der Waals surface area contributed by atoms with Crippen LogP contribution in [0.15, 0.2) is 150 Å². The molecule has 255 valence electrons. The summed E-state index contributed by atoms with van der Waals surface area (Å²) in [7, 11) is -1.27. The Morgan fingerprint density at radius 3 is 2.14 bits per heavy atom. The zero-order valence-corrected chi connectivity index (χ0v) is 33.0. The van der Waals surface area contributed by atoms with Crippen LogP contribution in [0.5, 0.6) is 0 Å². The molecule has 1 unspecified atom stereocenters. The molecule has 5 aromatic carbocycles. The predicted octanol–water partition coefficient (Wildman–Crippen LogP) is 11.7. The van der Waals surface area contributed by atoms with Crippen molar-refractivity contribution in [3.8, 4) is 33.6 Å². The first-order valence-corrected chi connectivity index (χ1v) is 20.6. The Kier molecular flexibility index (Phi) is 10.9. The van der Waals surface area contributed by atoms with Crippen molar-refractivity contribution in [1.29, 1.82) is 0 Å². The van der Waals surface area contributed by atoms with Gasteiger partial charge in [-0.3, -0.25) is 0 Å². The Bertz CT molecular complexity index is 2380. The molecule has 5 heteroatoms. The topological polar surface area (TPSA) is 38.9 Å². The molecule has 0 spiro atoms. The van der Waals surface area contributed by atoms with Gasteiger partial charge in [0.15, 0.2) is 0 Å². The second-order valence-corrected chi connectivity index (χ2v) is 18.8. The van der Waals surface area contributed by atoms with Crippen LogP contribution in [0.4, 0.5) is 0 Å². The molecule has 3 heterocycles. The van der Waals surface area contributed by atoms with Gasteiger partial charge < -0.3 is 14.4 Å². The molecule has 51 heavy (non-hydrogen) atoms. The molecule has 0 aliphatic rings. The fourth-order valence-electron chi connectivity index (χ4n) is 6.67. The summed E-state index contributed by atoms with van der Waals surface area (Å²) >= 11 is 0. The van der Waals surface area contributed by atoms with E-state index in [1.54, 1.807) is 0 Å². The number of aromatic nitrogens is 2. The molecule has 0 amide bonds. The van der Waals surface area contributed by atoms with Crippen molar-refractivity contribution < 1.29 is 24.5 Å². The Morgan fingerprint density at radius 2 is 1.43 bits per heavy atom. The number of rotatable bonds is 6. The van der Waals surface area contributed by atoms with E-state index in [2.05, 4.69) is 154 Å². The Balaban J connectivity index is 0.000000211. The van der Waals surface area contributed by atoms with Gasteiger partial charge in [-0.2, -0.15) is 0 Å². The summed E-state index contributed by atoms with van der Waals surface area (Å²) in [6, 6.07) is 52.4. The maximum Gasteiger partial charge on any atom is 0.121 e. The molecule has 0 N–H and O–H groups in total. The SMILES string of the molecule is CC(c1ccccc1)c1ccnc(-c2[c-]ccc3c2oc2cccc(-c4ccccc4)c23)c1.Cc1cc(-c2[c-]cccc2)ncc1[Si](C)(C)C.[Ir]. The molecule has 3 aromatic heterocycles. The standard InChI is InChI=1S/C31H22NO.C15H18NSi.Ir/c1-21(22-10-4-2-5-11-22)24-18-19-32-28(20-24)26-15-8-16-27-30-25(23-12-6-3-7-13-23)14-9-17-29(30)33-31(26)27;1-12-10-14(13-8-6-5-7-9-13)16-11-15(12)17(2,3)4;/h2-14,16-21H,1H3;5-8,10-11H,1-4H3;/q2*-1;. The minimum atomic E-state index is -1.27. The maximum atomic E-state index is 6.41. The van der Waals surface area contributed by atoms with Crippen molar-refractivity contribution in [2.75, 3.05) is 0 Å². The number of hydrogen-bond acceptors (Lipinski definition) is 3. The number of pyridine rings is 2. The number of benzene rings is 5. The van der Waals surface area contributed by atoms with E-state index in [0.29, 0.717) is 0 Å². The van der Waals surface area contributed by atoms with E-state index in [9.17, 15) is 0 Å².